The summed E-state index contributed by atoms with van der Waals surface area (Å²) in [5, 5.41) is 18.6. The van der Waals surface area contributed by atoms with Gasteiger partial charge in [-0.2, -0.15) is 0 Å². The number of methoxy groups -OCH3 is 1. The van der Waals surface area contributed by atoms with Crippen LogP contribution in [0.3, 0.4) is 0 Å². The van der Waals surface area contributed by atoms with E-state index in [9.17, 15) is 14.7 Å². The van der Waals surface area contributed by atoms with E-state index in [-0.39, 0.29) is 22.8 Å². The molecule has 1 heterocycles. The Balaban J connectivity index is 1.89. The van der Waals surface area contributed by atoms with Gasteiger partial charge < -0.3 is 19.8 Å². The maximum atomic E-state index is 12.6. The topological polar surface area (TPSA) is 87.1 Å². The Kier molecular flexibility index (Phi) is 3.65. The fraction of sp³-hybridized carbons (Fsp3) is 0.176. The van der Waals surface area contributed by atoms with Crippen molar-refractivity contribution in [3.8, 4) is 11.5 Å². The van der Waals surface area contributed by atoms with Crippen molar-refractivity contribution in [3.05, 3.63) is 58.7 Å². The maximum absolute atomic E-state index is 12.6. The third-order valence-electron chi connectivity index (χ3n) is 3.92. The number of aromatic hydroxyl groups is 1. The number of carbonyl (C=O) groups is 2. The number of hydrogen-bond donors (Lipinski definition) is 2. The average Bonchev–Trinajstić information content (AvgIpc) is 2.98. The second-order valence-corrected chi connectivity index (χ2v) is 5.30. The summed E-state index contributed by atoms with van der Waals surface area (Å²) in [6.45, 7) is 0.843. The highest BCUT2D eigenvalue weighted by molar-refractivity contribution is 5.99. The van der Waals surface area contributed by atoms with E-state index >= 15 is 0 Å². The predicted molar refractivity (Wildman–Crippen MR) is 81.6 cm³/mol. The number of aromatic carboxylic acids is 1. The molecule has 2 aromatic rings. The van der Waals surface area contributed by atoms with Crippen LogP contribution in [0.15, 0.2) is 36.4 Å². The van der Waals surface area contributed by atoms with Crippen molar-refractivity contribution in [1.82, 2.24) is 4.90 Å². The van der Waals surface area contributed by atoms with Gasteiger partial charge in [-0.1, -0.05) is 12.1 Å². The Bertz CT molecular complexity index is 800. The number of benzene rings is 2. The van der Waals surface area contributed by atoms with E-state index in [1.165, 1.54) is 18.2 Å². The average molecular weight is 313 g/mol. The number of carboxylic acid groups (broad SMARTS) is 1. The highest BCUT2D eigenvalue weighted by Crippen LogP contribution is 2.32. The van der Waals surface area contributed by atoms with Crippen molar-refractivity contribution in [2.75, 3.05) is 7.11 Å². The first-order chi connectivity index (χ1) is 11.0. The molecule has 6 nitrogen and oxygen atoms in total. The Morgan fingerprint density at radius 2 is 1.96 bits per heavy atom. The first kappa shape index (κ1) is 14.9. The molecule has 1 amide bonds. The summed E-state index contributed by atoms with van der Waals surface area (Å²) in [6.07, 6.45) is 0. The Hall–Kier alpha value is -3.02. The number of carbonyl (C=O) groups excluding carboxylic acids is 1. The molecule has 2 aromatic carbocycles. The number of hydrogen-bond acceptors (Lipinski definition) is 4. The molecule has 2 N–H and O–H groups in total. The van der Waals surface area contributed by atoms with Crippen LogP contribution in [-0.4, -0.2) is 34.1 Å². The lowest BCUT2D eigenvalue weighted by atomic mass is 10.1. The molecule has 0 spiro atoms. The highest BCUT2D eigenvalue weighted by Gasteiger charge is 2.27. The van der Waals surface area contributed by atoms with Crippen molar-refractivity contribution in [1.29, 1.82) is 0 Å². The minimum Gasteiger partial charge on any atom is -0.507 e. The van der Waals surface area contributed by atoms with Crippen LogP contribution < -0.4 is 4.74 Å². The van der Waals surface area contributed by atoms with E-state index in [1.54, 1.807) is 12.0 Å². The lowest BCUT2D eigenvalue weighted by Crippen LogP contribution is -2.25. The van der Waals surface area contributed by atoms with Gasteiger partial charge in [0.15, 0.2) is 0 Å². The smallest absolute Gasteiger partial charge is 0.339 e. The Morgan fingerprint density at radius 1 is 1.17 bits per heavy atom. The van der Waals surface area contributed by atoms with E-state index in [0.717, 1.165) is 16.9 Å². The molecule has 118 valence electrons. The zero-order valence-corrected chi connectivity index (χ0v) is 12.4. The molecule has 0 unspecified atom stereocenters. The molecule has 1 aliphatic heterocycles. The van der Waals surface area contributed by atoms with Gasteiger partial charge in [0.05, 0.1) is 13.7 Å². The van der Waals surface area contributed by atoms with Gasteiger partial charge in [-0.15, -0.1) is 0 Å². The molecule has 0 fully saturated rings. The summed E-state index contributed by atoms with van der Waals surface area (Å²) in [7, 11) is 1.58. The lowest BCUT2D eigenvalue weighted by molar-refractivity contribution is 0.0693. The largest absolute Gasteiger partial charge is 0.507 e. The first-order valence-corrected chi connectivity index (χ1v) is 7.01. The highest BCUT2D eigenvalue weighted by atomic mass is 16.5. The second kappa shape index (κ2) is 5.64. The van der Waals surface area contributed by atoms with Crippen molar-refractivity contribution in [2.24, 2.45) is 0 Å². The fourth-order valence-electron chi connectivity index (χ4n) is 2.75. The monoisotopic (exact) mass is 313 g/mol. The van der Waals surface area contributed by atoms with Crippen molar-refractivity contribution in [3.63, 3.8) is 0 Å². The van der Waals surface area contributed by atoms with E-state index < -0.39 is 5.97 Å². The zero-order valence-electron chi connectivity index (χ0n) is 12.4. The minimum atomic E-state index is -1.27. The van der Waals surface area contributed by atoms with Crippen molar-refractivity contribution < 1.29 is 24.5 Å². The quantitative estimate of drug-likeness (QED) is 0.907. The molecule has 3 rings (SSSR count). The zero-order chi connectivity index (χ0) is 16.6. The van der Waals surface area contributed by atoms with Gasteiger partial charge in [0, 0.05) is 17.7 Å². The van der Waals surface area contributed by atoms with Gasteiger partial charge in [0.2, 0.25) is 0 Å². The minimum absolute atomic E-state index is 0.229. The van der Waals surface area contributed by atoms with Crippen LogP contribution in [0, 0.1) is 0 Å². The molecule has 0 atom stereocenters. The van der Waals surface area contributed by atoms with E-state index in [0.29, 0.717) is 13.1 Å². The number of fused-ring (bicyclic) bond motifs is 1. The molecule has 0 radical (unpaired) electrons. The van der Waals surface area contributed by atoms with Crippen molar-refractivity contribution >= 4 is 11.9 Å². The molecule has 0 saturated carbocycles. The van der Waals surface area contributed by atoms with Crippen LogP contribution in [-0.2, 0) is 13.1 Å². The second-order valence-electron chi connectivity index (χ2n) is 5.30. The molecule has 1 aliphatic rings. The predicted octanol–water partition coefficient (Wildman–Crippen LogP) is 2.26. The van der Waals surface area contributed by atoms with E-state index in [4.69, 9.17) is 9.84 Å². The molecule has 23 heavy (non-hydrogen) atoms. The van der Waals surface area contributed by atoms with Crippen LogP contribution in [0.25, 0.3) is 0 Å². The number of carboxylic acids is 1. The molecule has 6 heteroatoms. The summed E-state index contributed by atoms with van der Waals surface area (Å²) in [5.74, 6) is -1.19. The summed E-state index contributed by atoms with van der Waals surface area (Å²) < 4.78 is 5.31. The lowest BCUT2D eigenvalue weighted by Gasteiger charge is -2.16. The molecular weight excluding hydrogens is 298 g/mol. The Labute approximate surface area is 132 Å². The molecule has 0 aromatic heterocycles. The van der Waals surface area contributed by atoms with Gasteiger partial charge in [-0.05, 0) is 29.8 Å². The van der Waals surface area contributed by atoms with Crippen LogP contribution in [0.4, 0.5) is 0 Å². The third-order valence-corrected chi connectivity index (χ3v) is 3.92. The maximum Gasteiger partial charge on any atom is 0.339 e. The van der Waals surface area contributed by atoms with Crippen molar-refractivity contribution in [2.45, 2.75) is 13.1 Å². The first-order valence-electron chi connectivity index (χ1n) is 7.01. The summed E-state index contributed by atoms with van der Waals surface area (Å²) in [6, 6.07) is 9.49. The van der Waals surface area contributed by atoms with Crippen LogP contribution >= 0.6 is 0 Å². The van der Waals surface area contributed by atoms with Gasteiger partial charge in [0.25, 0.3) is 5.91 Å². The summed E-state index contributed by atoms with van der Waals surface area (Å²) in [5.41, 5.74) is 1.91. The SMILES string of the molecule is COc1cccc2c1CN(C(=O)c1ccc(O)c(C(=O)O)c1)C2. The number of nitrogens with zero attached hydrogens (tertiary/aromatic N) is 1. The number of rotatable bonds is 3. The standard InChI is InChI=1S/C17H15NO5/c1-23-15-4-2-3-11-8-18(9-13(11)15)16(20)10-5-6-14(19)12(7-10)17(21)22/h2-7,19H,8-9H2,1H3,(H,21,22). The number of amides is 1. The van der Waals surface area contributed by atoms with Gasteiger partial charge in [0.1, 0.15) is 17.1 Å². The summed E-state index contributed by atoms with van der Waals surface area (Å²) >= 11 is 0. The Morgan fingerprint density at radius 3 is 2.65 bits per heavy atom. The van der Waals surface area contributed by atoms with Gasteiger partial charge in [-0.3, -0.25) is 4.79 Å². The third kappa shape index (κ3) is 2.59. The van der Waals surface area contributed by atoms with E-state index in [1.807, 2.05) is 18.2 Å². The van der Waals surface area contributed by atoms with Gasteiger partial charge >= 0.3 is 5.97 Å². The molecule has 0 saturated heterocycles. The van der Waals surface area contributed by atoms with Crippen LogP contribution in [0.2, 0.25) is 0 Å². The van der Waals surface area contributed by atoms with Gasteiger partial charge in [-0.25, -0.2) is 4.79 Å². The normalized spacial score (nSPS) is 12.8. The fourth-order valence-corrected chi connectivity index (χ4v) is 2.75. The molecule has 0 aliphatic carbocycles. The molecular formula is C17H15NO5. The van der Waals surface area contributed by atoms with Crippen LogP contribution in [0.5, 0.6) is 11.5 Å². The number of ether oxygens (including phenoxy) is 1. The van der Waals surface area contributed by atoms with Crippen LogP contribution in [0.1, 0.15) is 31.8 Å². The number of phenols is 1. The van der Waals surface area contributed by atoms with E-state index in [2.05, 4.69) is 0 Å². The molecule has 0 bridgehead atoms. The summed E-state index contributed by atoms with van der Waals surface area (Å²) in [4.78, 5) is 25.3.